The standard InChI is InChI=1S/C9H19NO3/c1-7(4-5-11)6-10-9(12)8(2)13-3/h7-8,11H,4-6H2,1-3H3,(H,10,12). The van der Waals surface area contributed by atoms with E-state index in [0.717, 1.165) is 0 Å². The van der Waals surface area contributed by atoms with Crippen molar-refractivity contribution in [2.24, 2.45) is 5.92 Å². The average molecular weight is 189 g/mol. The van der Waals surface area contributed by atoms with Crippen LogP contribution in [0.3, 0.4) is 0 Å². The molecule has 0 heterocycles. The number of methoxy groups -OCH3 is 1. The van der Waals surface area contributed by atoms with Gasteiger partial charge in [0.1, 0.15) is 6.10 Å². The topological polar surface area (TPSA) is 58.6 Å². The molecule has 2 unspecified atom stereocenters. The third-order valence-electron chi connectivity index (χ3n) is 1.97. The molecule has 0 saturated heterocycles. The SMILES string of the molecule is COC(C)C(=O)NCC(C)CCO. The summed E-state index contributed by atoms with van der Waals surface area (Å²) in [6.45, 7) is 4.43. The number of carbonyl (C=O) groups is 1. The molecule has 2 N–H and O–H groups in total. The summed E-state index contributed by atoms with van der Waals surface area (Å²) in [6.07, 6.45) is 0.308. The Balaban J connectivity index is 3.57. The van der Waals surface area contributed by atoms with Gasteiger partial charge in [0.25, 0.3) is 0 Å². The second-order valence-electron chi connectivity index (χ2n) is 3.24. The van der Waals surface area contributed by atoms with Crippen molar-refractivity contribution < 1.29 is 14.6 Å². The van der Waals surface area contributed by atoms with Gasteiger partial charge in [-0.25, -0.2) is 0 Å². The highest BCUT2D eigenvalue weighted by molar-refractivity contribution is 5.80. The third kappa shape index (κ3) is 5.60. The van der Waals surface area contributed by atoms with Gasteiger partial charge in [-0.05, 0) is 19.3 Å². The molecule has 0 bridgehead atoms. The van der Waals surface area contributed by atoms with Gasteiger partial charge in [-0.2, -0.15) is 0 Å². The van der Waals surface area contributed by atoms with Crippen molar-refractivity contribution in [1.29, 1.82) is 0 Å². The first-order valence-corrected chi connectivity index (χ1v) is 4.53. The van der Waals surface area contributed by atoms with E-state index >= 15 is 0 Å². The summed E-state index contributed by atoms with van der Waals surface area (Å²) in [5.74, 6) is 0.199. The number of aliphatic hydroxyl groups excluding tert-OH is 1. The smallest absolute Gasteiger partial charge is 0.248 e. The van der Waals surface area contributed by atoms with Crippen molar-refractivity contribution >= 4 is 5.91 Å². The molecular weight excluding hydrogens is 170 g/mol. The minimum absolute atomic E-state index is 0.104. The van der Waals surface area contributed by atoms with E-state index in [1.165, 1.54) is 7.11 Å². The lowest BCUT2D eigenvalue weighted by atomic mass is 10.1. The summed E-state index contributed by atoms with van der Waals surface area (Å²) in [7, 11) is 1.50. The van der Waals surface area contributed by atoms with Crippen LogP contribution in [0.15, 0.2) is 0 Å². The first-order chi connectivity index (χ1) is 6.11. The lowest BCUT2D eigenvalue weighted by Gasteiger charge is -2.13. The zero-order chi connectivity index (χ0) is 10.3. The van der Waals surface area contributed by atoms with Crippen LogP contribution in [-0.2, 0) is 9.53 Å². The highest BCUT2D eigenvalue weighted by Crippen LogP contribution is 1.98. The van der Waals surface area contributed by atoms with E-state index in [9.17, 15) is 4.79 Å². The quantitative estimate of drug-likeness (QED) is 0.625. The molecule has 0 aromatic carbocycles. The predicted molar refractivity (Wildman–Crippen MR) is 50.3 cm³/mol. The second kappa shape index (κ2) is 6.86. The monoisotopic (exact) mass is 189 g/mol. The molecule has 1 amide bonds. The zero-order valence-corrected chi connectivity index (χ0v) is 8.54. The van der Waals surface area contributed by atoms with Crippen molar-refractivity contribution in [3.8, 4) is 0 Å². The van der Waals surface area contributed by atoms with Crippen molar-refractivity contribution in [3.05, 3.63) is 0 Å². The molecule has 4 heteroatoms. The maximum absolute atomic E-state index is 11.2. The first kappa shape index (κ1) is 12.4. The molecule has 78 valence electrons. The summed E-state index contributed by atoms with van der Waals surface area (Å²) in [6, 6.07) is 0. The molecule has 0 aliphatic rings. The van der Waals surface area contributed by atoms with Crippen molar-refractivity contribution in [2.75, 3.05) is 20.3 Å². The van der Waals surface area contributed by atoms with Gasteiger partial charge in [0.05, 0.1) is 0 Å². The van der Waals surface area contributed by atoms with E-state index < -0.39 is 6.10 Å². The lowest BCUT2D eigenvalue weighted by Crippen LogP contribution is -2.36. The molecule has 0 radical (unpaired) electrons. The lowest BCUT2D eigenvalue weighted by molar-refractivity contribution is -0.130. The molecule has 0 aromatic rings. The van der Waals surface area contributed by atoms with Gasteiger partial charge in [0.2, 0.25) is 5.91 Å². The maximum Gasteiger partial charge on any atom is 0.248 e. The molecule has 0 rings (SSSR count). The van der Waals surface area contributed by atoms with Crippen LogP contribution < -0.4 is 5.32 Å². The number of nitrogens with one attached hydrogen (secondary N) is 1. The molecular formula is C9H19NO3. The normalized spacial score (nSPS) is 15.1. The van der Waals surface area contributed by atoms with Gasteiger partial charge in [-0.15, -0.1) is 0 Å². The van der Waals surface area contributed by atoms with Crippen molar-refractivity contribution in [3.63, 3.8) is 0 Å². The van der Waals surface area contributed by atoms with Gasteiger partial charge in [-0.1, -0.05) is 6.92 Å². The molecule has 0 fully saturated rings. The van der Waals surface area contributed by atoms with Crippen LogP contribution in [0.4, 0.5) is 0 Å². The van der Waals surface area contributed by atoms with E-state index in [1.807, 2.05) is 6.92 Å². The van der Waals surface area contributed by atoms with Crippen LogP contribution >= 0.6 is 0 Å². The first-order valence-electron chi connectivity index (χ1n) is 4.53. The van der Waals surface area contributed by atoms with Crippen LogP contribution in [0.2, 0.25) is 0 Å². The third-order valence-corrected chi connectivity index (χ3v) is 1.97. The fourth-order valence-electron chi connectivity index (χ4n) is 0.848. The number of ether oxygens (including phenoxy) is 1. The molecule has 0 aliphatic heterocycles. The Bertz CT molecular complexity index is 150. The van der Waals surface area contributed by atoms with Gasteiger partial charge in [0.15, 0.2) is 0 Å². The molecule has 13 heavy (non-hydrogen) atoms. The van der Waals surface area contributed by atoms with Gasteiger partial charge in [-0.3, -0.25) is 4.79 Å². The van der Waals surface area contributed by atoms with Crippen LogP contribution in [0.25, 0.3) is 0 Å². The van der Waals surface area contributed by atoms with Crippen LogP contribution in [-0.4, -0.2) is 37.4 Å². The van der Waals surface area contributed by atoms with Crippen LogP contribution in [0.1, 0.15) is 20.3 Å². The Morgan fingerprint density at radius 1 is 1.54 bits per heavy atom. The van der Waals surface area contributed by atoms with E-state index in [2.05, 4.69) is 5.32 Å². The van der Waals surface area contributed by atoms with Gasteiger partial charge >= 0.3 is 0 Å². The summed E-state index contributed by atoms with van der Waals surface area (Å²) >= 11 is 0. The van der Waals surface area contributed by atoms with E-state index in [0.29, 0.717) is 18.9 Å². The van der Waals surface area contributed by atoms with E-state index in [4.69, 9.17) is 9.84 Å². The summed E-state index contributed by atoms with van der Waals surface area (Å²) in [5.41, 5.74) is 0. The number of aliphatic hydroxyl groups is 1. The van der Waals surface area contributed by atoms with E-state index in [-0.39, 0.29) is 12.5 Å². The largest absolute Gasteiger partial charge is 0.396 e. The Morgan fingerprint density at radius 3 is 2.62 bits per heavy atom. The summed E-state index contributed by atoms with van der Waals surface area (Å²) < 4.78 is 4.84. The molecule has 0 aromatic heterocycles. The van der Waals surface area contributed by atoms with Crippen molar-refractivity contribution in [1.82, 2.24) is 5.32 Å². The average Bonchev–Trinajstić information content (AvgIpc) is 2.13. The van der Waals surface area contributed by atoms with Crippen molar-refractivity contribution in [2.45, 2.75) is 26.4 Å². The Hall–Kier alpha value is -0.610. The molecule has 2 atom stereocenters. The highest BCUT2D eigenvalue weighted by Gasteiger charge is 2.11. The number of hydrogen-bond acceptors (Lipinski definition) is 3. The Kier molecular flexibility index (Phi) is 6.54. The molecule has 4 nitrogen and oxygen atoms in total. The Morgan fingerprint density at radius 2 is 2.15 bits per heavy atom. The number of amides is 1. The van der Waals surface area contributed by atoms with Crippen LogP contribution in [0.5, 0.6) is 0 Å². The number of carbonyl (C=O) groups excluding carboxylic acids is 1. The molecule has 0 saturated carbocycles. The van der Waals surface area contributed by atoms with Gasteiger partial charge < -0.3 is 15.2 Å². The number of hydrogen-bond donors (Lipinski definition) is 2. The number of rotatable bonds is 6. The highest BCUT2D eigenvalue weighted by atomic mass is 16.5. The predicted octanol–water partition coefficient (Wildman–Crippen LogP) is 0.156. The van der Waals surface area contributed by atoms with E-state index in [1.54, 1.807) is 6.92 Å². The van der Waals surface area contributed by atoms with Crippen LogP contribution in [0, 0.1) is 5.92 Å². The summed E-state index contributed by atoms with van der Waals surface area (Å²) in [4.78, 5) is 11.2. The minimum Gasteiger partial charge on any atom is -0.396 e. The maximum atomic E-state index is 11.2. The fraction of sp³-hybridized carbons (Fsp3) is 0.889. The molecule has 0 spiro atoms. The summed E-state index contributed by atoms with van der Waals surface area (Å²) in [5, 5.41) is 11.4. The Labute approximate surface area is 79.3 Å². The molecule has 0 aliphatic carbocycles. The zero-order valence-electron chi connectivity index (χ0n) is 8.54. The fourth-order valence-corrected chi connectivity index (χ4v) is 0.848. The van der Waals surface area contributed by atoms with Gasteiger partial charge in [0, 0.05) is 20.3 Å². The minimum atomic E-state index is -0.402. The second-order valence-corrected chi connectivity index (χ2v) is 3.24.